The van der Waals surface area contributed by atoms with Crippen molar-refractivity contribution < 1.29 is 18.0 Å². The van der Waals surface area contributed by atoms with E-state index in [0.29, 0.717) is 33.5 Å². The molecule has 1 N–H and O–H groups in total. The Hall–Kier alpha value is -1.95. The molecule has 0 saturated heterocycles. The Labute approximate surface area is 124 Å². The van der Waals surface area contributed by atoms with Gasteiger partial charge in [-0.2, -0.15) is 8.78 Å². The van der Waals surface area contributed by atoms with E-state index in [2.05, 4.69) is 5.32 Å². The Balaban J connectivity index is 2.06. The van der Waals surface area contributed by atoms with Gasteiger partial charge in [-0.15, -0.1) is 0 Å². The average molecular weight is 311 g/mol. The second kappa shape index (κ2) is 6.67. The fraction of sp³-hybridized carbons (Fsp3) is 0.133. The van der Waals surface area contributed by atoms with Crippen LogP contribution >= 0.6 is 11.8 Å². The van der Waals surface area contributed by atoms with Crippen LogP contribution in [0.1, 0.15) is 15.9 Å². The molecule has 0 bridgehead atoms. The van der Waals surface area contributed by atoms with Gasteiger partial charge < -0.3 is 5.32 Å². The molecule has 2 aromatic rings. The molecule has 0 heterocycles. The Morgan fingerprint density at radius 1 is 1.14 bits per heavy atom. The maximum atomic E-state index is 13.1. The van der Waals surface area contributed by atoms with Gasteiger partial charge in [0.05, 0.1) is 0 Å². The number of carbonyl (C=O) groups is 1. The molecule has 2 nitrogen and oxygen atoms in total. The van der Waals surface area contributed by atoms with Crippen LogP contribution in [-0.2, 0) is 0 Å². The van der Waals surface area contributed by atoms with Gasteiger partial charge in [-0.25, -0.2) is 4.39 Å². The van der Waals surface area contributed by atoms with Gasteiger partial charge in [-0.3, -0.25) is 4.79 Å². The third-order valence-electron chi connectivity index (χ3n) is 2.76. The van der Waals surface area contributed by atoms with E-state index in [0.717, 1.165) is 0 Å². The molecule has 0 unspecified atom stereocenters. The number of anilines is 1. The van der Waals surface area contributed by atoms with Crippen molar-refractivity contribution in [3.63, 3.8) is 0 Å². The number of thioether (sulfide) groups is 1. The molecule has 0 aromatic heterocycles. The second-order valence-corrected chi connectivity index (χ2v) is 5.38. The molecular formula is C15H12F3NOS. The summed E-state index contributed by atoms with van der Waals surface area (Å²) in [6.07, 6.45) is 0. The summed E-state index contributed by atoms with van der Waals surface area (Å²) in [7, 11) is 0. The monoisotopic (exact) mass is 311 g/mol. The van der Waals surface area contributed by atoms with Crippen molar-refractivity contribution in [2.75, 3.05) is 5.32 Å². The van der Waals surface area contributed by atoms with E-state index in [1.54, 1.807) is 19.1 Å². The quantitative estimate of drug-likeness (QED) is 0.829. The summed E-state index contributed by atoms with van der Waals surface area (Å²) in [5.74, 6) is -3.24. The van der Waals surface area contributed by atoms with Gasteiger partial charge in [0.15, 0.2) is 0 Å². The number of nitrogens with one attached hydrogen (secondary N) is 1. The van der Waals surface area contributed by atoms with Crippen LogP contribution in [0.3, 0.4) is 0 Å². The highest BCUT2D eigenvalue weighted by Gasteiger charge is 2.09. The van der Waals surface area contributed by atoms with Crippen molar-refractivity contribution in [3.8, 4) is 0 Å². The van der Waals surface area contributed by atoms with Crippen LogP contribution in [0.25, 0.3) is 0 Å². The van der Waals surface area contributed by atoms with E-state index in [-0.39, 0.29) is 11.7 Å². The largest absolute Gasteiger partial charge is 0.322 e. The summed E-state index contributed by atoms with van der Waals surface area (Å²) in [4.78, 5) is 12.4. The molecular weight excluding hydrogens is 299 g/mol. The van der Waals surface area contributed by atoms with Crippen molar-refractivity contribution in [2.45, 2.75) is 17.6 Å². The Kier molecular flexibility index (Phi) is 4.90. The molecule has 0 radical (unpaired) electrons. The Morgan fingerprint density at radius 3 is 2.38 bits per heavy atom. The lowest BCUT2D eigenvalue weighted by Gasteiger charge is -2.07. The summed E-state index contributed by atoms with van der Waals surface area (Å²) in [6.45, 7) is 1.57. The number of hydrogen-bond acceptors (Lipinski definition) is 2. The van der Waals surface area contributed by atoms with Gasteiger partial charge in [0.2, 0.25) is 0 Å². The predicted octanol–water partition coefficient (Wildman–Crippen LogP) is 4.70. The molecule has 0 aliphatic heterocycles. The lowest BCUT2D eigenvalue weighted by molar-refractivity contribution is 0.102. The fourth-order valence-electron chi connectivity index (χ4n) is 1.71. The standard InChI is InChI=1S/C15H12F3NOS/c1-9-8-10(2-7-13(9)16)14(20)19-11-3-5-12(6-4-11)21-15(17)18/h2-8,15H,1H3,(H,19,20). The first-order chi connectivity index (χ1) is 9.95. The van der Waals surface area contributed by atoms with Gasteiger partial charge in [-0.1, -0.05) is 11.8 Å². The van der Waals surface area contributed by atoms with Crippen LogP contribution in [0.15, 0.2) is 47.4 Å². The van der Waals surface area contributed by atoms with Crippen LogP contribution in [-0.4, -0.2) is 11.7 Å². The number of benzene rings is 2. The molecule has 0 spiro atoms. The maximum Gasteiger partial charge on any atom is 0.288 e. The van der Waals surface area contributed by atoms with Gasteiger partial charge in [0, 0.05) is 16.1 Å². The van der Waals surface area contributed by atoms with Crippen LogP contribution in [0.5, 0.6) is 0 Å². The molecule has 0 aliphatic rings. The van der Waals surface area contributed by atoms with Crippen molar-refractivity contribution in [1.29, 1.82) is 0 Å². The van der Waals surface area contributed by atoms with Gasteiger partial charge in [-0.05, 0) is 55.0 Å². The van der Waals surface area contributed by atoms with E-state index in [9.17, 15) is 18.0 Å². The minimum absolute atomic E-state index is 0.333. The highest BCUT2D eigenvalue weighted by atomic mass is 32.2. The van der Waals surface area contributed by atoms with E-state index in [1.807, 2.05) is 0 Å². The molecule has 0 fully saturated rings. The number of halogens is 3. The molecule has 21 heavy (non-hydrogen) atoms. The number of hydrogen-bond donors (Lipinski definition) is 1. The zero-order valence-corrected chi connectivity index (χ0v) is 11.9. The second-order valence-electron chi connectivity index (χ2n) is 4.32. The van der Waals surface area contributed by atoms with Crippen molar-refractivity contribution in [3.05, 3.63) is 59.4 Å². The van der Waals surface area contributed by atoms with Gasteiger partial charge >= 0.3 is 0 Å². The smallest absolute Gasteiger partial charge is 0.288 e. The maximum absolute atomic E-state index is 13.1. The number of amides is 1. The first-order valence-electron chi connectivity index (χ1n) is 6.08. The van der Waals surface area contributed by atoms with Gasteiger partial charge in [0.1, 0.15) is 5.82 Å². The van der Waals surface area contributed by atoms with Gasteiger partial charge in [0.25, 0.3) is 11.7 Å². The molecule has 2 rings (SSSR count). The van der Waals surface area contributed by atoms with E-state index < -0.39 is 5.76 Å². The first-order valence-corrected chi connectivity index (χ1v) is 6.96. The van der Waals surface area contributed by atoms with Crippen LogP contribution < -0.4 is 5.32 Å². The molecule has 2 aromatic carbocycles. The average Bonchev–Trinajstić information content (AvgIpc) is 2.43. The third-order valence-corrected chi connectivity index (χ3v) is 3.48. The van der Waals surface area contributed by atoms with E-state index >= 15 is 0 Å². The first kappa shape index (κ1) is 15.4. The van der Waals surface area contributed by atoms with Crippen molar-refractivity contribution in [1.82, 2.24) is 0 Å². The summed E-state index contributed by atoms with van der Waals surface area (Å²) >= 11 is 0.438. The fourth-order valence-corrected chi connectivity index (χ4v) is 2.21. The Morgan fingerprint density at radius 2 is 1.81 bits per heavy atom. The van der Waals surface area contributed by atoms with Crippen LogP contribution in [0.4, 0.5) is 18.9 Å². The molecule has 0 saturated carbocycles. The van der Waals surface area contributed by atoms with Crippen molar-refractivity contribution in [2.24, 2.45) is 0 Å². The summed E-state index contributed by atoms with van der Waals surface area (Å²) < 4.78 is 37.5. The summed E-state index contributed by atoms with van der Waals surface area (Å²) in [5.41, 5.74) is 1.20. The normalized spacial score (nSPS) is 10.7. The topological polar surface area (TPSA) is 29.1 Å². The minimum Gasteiger partial charge on any atom is -0.322 e. The zero-order valence-electron chi connectivity index (χ0n) is 11.1. The molecule has 0 aliphatic carbocycles. The lowest BCUT2D eigenvalue weighted by atomic mass is 10.1. The zero-order chi connectivity index (χ0) is 15.4. The molecule has 110 valence electrons. The van der Waals surface area contributed by atoms with Crippen molar-refractivity contribution >= 4 is 23.4 Å². The lowest BCUT2D eigenvalue weighted by Crippen LogP contribution is -2.12. The highest BCUT2D eigenvalue weighted by Crippen LogP contribution is 2.26. The molecule has 0 atom stereocenters. The van der Waals surface area contributed by atoms with E-state index in [4.69, 9.17) is 0 Å². The number of aryl methyl sites for hydroxylation is 1. The minimum atomic E-state index is -2.48. The predicted molar refractivity (Wildman–Crippen MR) is 77.4 cm³/mol. The van der Waals surface area contributed by atoms with Crippen LogP contribution in [0, 0.1) is 12.7 Å². The number of alkyl halides is 2. The molecule has 1 amide bonds. The summed E-state index contributed by atoms with van der Waals surface area (Å²) in [6, 6.07) is 10.2. The number of rotatable bonds is 4. The summed E-state index contributed by atoms with van der Waals surface area (Å²) in [5, 5.41) is 2.63. The highest BCUT2D eigenvalue weighted by molar-refractivity contribution is 7.99. The number of carbonyl (C=O) groups excluding carboxylic acids is 1. The SMILES string of the molecule is Cc1cc(C(=O)Nc2ccc(SC(F)F)cc2)ccc1F. The third kappa shape index (κ3) is 4.26. The van der Waals surface area contributed by atoms with E-state index in [1.165, 1.54) is 30.3 Å². The molecule has 6 heteroatoms. The van der Waals surface area contributed by atoms with Crippen LogP contribution in [0.2, 0.25) is 0 Å². The Bertz CT molecular complexity index is 644.